The summed E-state index contributed by atoms with van der Waals surface area (Å²) in [6.45, 7) is 2.53. The number of imidazole rings is 1. The monoisotopic (exact) mass is 458 g/mol. The fourth-order valence-electron chi connectivity index (χ4n) is 4.21. The number of nitrogens with one attached hydrogen (secondary N) is 3. The summed E-state index contributed by atoms with van der Waals surface area (Å²) in [5, 5.41) is 19.9. The van der Waals surface area contributed by atoms with E-state index in [9.17, 15) is 9.90 Å². The van der Waals surface area contributed by atoms with Gasteiger partial charge in [-0.1, -0.05) is 30.3 Å². The number of aryl methyl sites for hydroxylation is 1. The minimum absolute atomic E-state index is 0.169. The second-order valence-electron chi connectivity index (χ2n) is 8.39. The molecule has 4 N–H and O–H groups in total. The zero-order valence-electron chi connectivity index (χ0n) is 18.9. The van der Waals surface area contributed by atoms with E-state index in [4.69, 9.17) is 9.97 Å². The van der Waals surface area contributed by atoms with Crippen molar-refractivity contribution in [3.05, 3.63) is 66.2 Å². The number of aliphatic hydroxyl groups is 1. The first-order valence-electron chi connectivity index (χ1n) is 11.1. The van der Waals surface area contributed by atoms with Crippen LogP contribution in [0, 0.1) is 6.92 Å². The van der Waals surface area contributed by atoms with Crippen molar-refractivity contribution in [3.8, 4) is 11.4 Å². The minimum atomic E-state index is -0.778. The van der Waals surface area contributed by atoms with Gasteiger partial charge in [0.05, 0.1) is 18.5 Å². The van der Waals surface area contributed by atoms with Crippen molar-refractivity contribution in [3.63, 3.8) is 0 Å². The van der Waals surface area contributed by atoms with Gasteiger partial charge < -0.3 is 15.7 Å². The molecule has 1 aliphatic rings. The van der Waals surface area contributed by atoms with Crippen LogP contribution in [0.1, 0.15) is 23.7 Å². The van der Waals surface area contributed by atoms with Crippen LogP contribution in [0.2, 0.25) is 0 Å². The number of carbonyl (C=O) groups excluding carboxylic acids is 1. The predicted octanol–water partition coefficient (Wildman–Crippen LogP) is 1.78. The van der Waals surface area contributed by atoms with Crippen molar-refractivity contribution >= 4 is 22.9 Å². The normalized spacial score (nSPS) is 19.9. The number of hydrogen-bond donors (Lipinski definition) is 4. The molecule has 174 valence electrons. The molecule has 0 aliphatic carbocycles. The number of hydrogen-bond acceptors (Lipinski definition) is 8. The van der Waals surface area contributed by atoms with Crippen molar-refractivity contribution in [2.75, 3.05) is 12.4 Å². The lowest BCUT2D eigenvalue weighted by Gasteiger charge is -2.18. The highest BCUT2D eigenvalue weighted by molar-refractivity contribution is 5.85. The number of likely N-dealkylation sites (N-methyl/N-ethyl adjacent to an activating group) is 1. The summed E-state index contributed by atoms with van der Waals surface area (Å²) in [5.74, 6) is 0.910. The summed E-state index contributed by atoms with van der Waals surface area (Å²) < 4.78 is 1.77. The Balaban J connectivity index is 1.57. The molecule has 1 aliphatic heterocycles. The number of pyridine rings is 1. The Morgan fingerprint density at radius 2 is 2.06 bits per heavy atom. The zero-order chi connectivity index (χ0) is 23.7. The largest absolute Gasteiger partial charge is 0.389 e. The average molecular weight is 459 g/mol. The average Bonchev–Trinajstić information content (AvgIpc) is 3.45. The van der Waals surface area contributed by atoms with Gasteiger partial charge in [-0.3, -0.25) is 19.7 Å². The number of amides is 1. The Labute approximate surface area is 196 Å². The molecule has 1 saturated heterocycles. The van der Waals surface area contributed by atoms with Crippen LogP contribution in [0.15, 0.2) is 55.1 Å². The second kappa shape index (κ2) is 9.16. The zero-order valence-corrected chi connectivity index (χ0v) is 18.9. The van der Waals surface area contributed by atoms with Crippen LogP contribution in [0.5, 0.6) is 0 Å². The smallest absolute Gasteiger partial charge is 0.237 e. The predicted molar refractivity (Wildman–Crippen MR) is 128 cm³/mol. The number of carbonyl (C=O) groups is 1. The molecule has 0 spiro atoms. The van der Waals surface area contributed by atoms with Crippen molar-refractivity contribution < 1.29 is 9.90 Å². The van der Waals surface area contributed by atoms with Gasteiger partial charge in [0.15, 0.2) is 22.8 Å². The summed E-state index contributed by atoms with van der Waals surface area (Å²) >= 11 is 0. The van der Waals surface area contributed by atoms with E-state index in [0.717, 1.165) is 16.7 Å². The van der Waals surface area contributed by atoms with Crippen LogP contribution in [-0.4, -0.2) is 54.7 Å². The lowest BCUT2D eigenvalue weighted by molar-refractivity contribution is -0.122. The molecule has 34 heavy (non-hydrogen) atoms. The molecule has 0 saturated carbocycles. The first-order chi connectivity index (χ1) is 16.5. The summed E-state index contributed by atoms with van der Waals surface area (Å²) in [6.07, 6.45) is 4.09. The molecule has 5 rings (SSSR count). The van der Waals surface area contributed by atoms with Gasteiger partial charge in [0, 0.05) is 38.0 Å². The molecule has 4 aromatic rings. The Bertz CT molecular complexity index is 1320. The molecule has 3 atom stereocenters. The molecule has 4 heterocycles. The van der Waals surface area contributed by atoms with Gasteiger partial charge in [0.1, 0.15) is 6.17 Å². The maximum Gasteiger partial charge on any atom is 0.237 e. The second-order valence-corrected chi connectivity index (χ2v) is 8.39. The quantitative estimate of drug-likeness (QED) is 0.344. The maximum absolute atomic E-state index is 12.1. The van der Waals surface area contributed by atoms with Gasteiger partial charge in [-0.15, -0.1) is 0 Å². The fraction of sp³-hybridized carbons (Fsp3) is 0.292. The standard InChI is InChI=1S/C24H26N8O2/c1-14-8-16(12-26-10-14)20-30-21(27-11-15-6-4-3-5-7-15)19-23(31-20)32(13-28-19)22-18(33)9-17(29-22)24(34)25-2/h3-8,10,12-13,17-18,22,29,33H,9,11H2,1-2H3,(H,25,34)(H,27,30,31)/t17-,18+,22-/m0/s1. The van der Waals surface area contributed by atoms with Crippen LogP contribution in [0.3, 0.4) is 0 Å². The molecule has 1 fully saturated rings. The topological polar surface area (TPSA) is 130 Å². The summed E-state index contributed by atoms with van der Waals surface area (Å²) in [6, 6.07) is 11.5. The highest BCUT2D eigenvalue weighted by Crippen LogP contribution is 2.30. The lowest BCUT2D eigenvalue weighted by atomic mass is 10.2. The van der Waals surface area contributed by atoms with Gasteiger partial charge in [0.2, 0.25) is 5.91 Å². The number of fused-ring (bicyclic) bond motifs is 1. The fourth-order valence-corrected chi connectivity index (χ4v) is 4.21. The molecule has 1 amide bonds. The molecule has 0 bridgehead atoms. The van der Waals surface area contributed by atoms with Gasteiger partial charge in [0.25, 0.3) is 0 Å². The minimum Gasteiger partial charge on any atom is -0.389 e. The first-order valence-corrected chi connectivity index (χ1v) is 11.1. The number of anilines is 1. The molecule has 0 unspecified atom stereocenters. The van der Waals surface area contributed by atoms with Gasteiger partial charge >= 0.3 is 0 Å². The summed E-state index contributed by atoms with van der Waals surface area (Å²) in [7, 11) is 1.58. The number of benzene rings is 1. The van der Waals surface area contributed by atoms with Crippen LogP contribution < -0.4 is 16.0 Å². The van der Waals surface area contributed by atoms with E-state index in [1.807, 2.05) is 43.3 Å². The lowest BCUT2D eigenvalue weighted by Crippen LogP contribution is -2.40. The Morgan fingerprint density at radius 3 is 2.82 bits per heavy atom. The van der Waals surface area contributed by atoms with E-state index in [2.05, 4.69) is 25.9 Å². The van der Waals surface area contributed by atoms with E-state index in [-0.39, 0.29) is 5.91 Å². The molecule has 10 nitrogen and oxygen atoms in total. The highest BCUT2D eigenvalue weighted by Gasteiger charge is 2.38. The number of nitrogens with zero attached hydrogens (tertiary/aromatic N) is 5. The van der Waals surface area contributed by atoms with Crippen LogP contribution in [0.25, 0.3) is 22.6 Å². The molecule has 3 aromatic heterocycles. The molecule has 10 heteroatoms. The number of rotatable bonds is 6. The van der Waals surface area contributed by atoms with Crippen molar-refractivity contribution in [1.82, 2.24) is 35.1 Å². The Morgan fingerprint density at radius 1 is 1.24 bits per heavy atom. The Hall–Kier alpha value is -3.89. The van der Waals surface area contributed by atoms with Crippen molar-refractivity contribution in [2.45, 2.75) is 38.2 Å². The Kier molecular flexibility index (Phi) is 5.91. The van der Waals surface area contributed by atoms with Crippen LogP contribution in [0.4, 0.5) is 5.82 Å². The molecule has 0 radical (unpaired) electrons. The first kappa shape index (κ1) is 21.9. The molecular weight excluding hydrogens is 432 g/mol. The highest BCUT2D eigenvalue weighted by atomic mass is 16.3. The third-order valence-electron chi connectivity index (χ3n) is 5.93. The van der Waals surface area contributed by atoms with E-state index in [1.54, 1.807) is 30.3 Å². The van der Waals surface area contributed by atoms with E-state index >= 15 is 0 Å². The van der Waals surface area contributed by atoms with Crippen molar-refractivity contribution in [2.24, 2.45) is 0 Å². The molecular formula is C24H26N8O2. The van der Waals surface area contributed by atoms with Crippen LogP contribution in [-0.2, 0) is 11.3 Å². The van der Waals surface area contributed by atoms with E-state index in [1.165, 1.54) is 0 Å². The maximum atomic E-state index is 12.1. The van der Waals surface area contributed by atoms with Gasteiger partial charge in [-0.05, 0) is 24.1 Å². The SMILES string of the molecule is CNC(=O)[C@@H]1C[C@@H](O)[C@H](n2cnc3c(NCc4ccccc4)nc(-c4cncc(C)c4)nc32)N1. The van der Waals surface area contributed by atoms with E-state index in [0.29, 0.717) is 35.8 Å². The van der Waals surface area contributed by atoms with Gasteiger partial charge in [-0.25, -0.2) is 15.0 Å². The summed E-state index contributed by atoms with van der Waals surface area (Å²) in [4.78, 5) is 30.5. The number of aromatic nitrogens is 5. The van der Waals surface area contributed by atoms with E-state index < -0.39 is 18.3 Å². The third-order valence-corrected chi connectivity index (χ3v) is 5.93. The van der Waals surface area contributed by atoms with Crippen LogP contribution >= 0.6 is 0 Å². The molecule has 1 aromatic carbocycles. The van der Waals surface area contributed by atoms with Gasteiger partial charge in [-0.2, -0.15) is 0 Å². The van der Waals surface area contributed by atoms with Crippen molar-refractivity contribution in [1.29, 1.82) is 0 Å². The summed E-state index contributed by atoms with van der Waals surface area (Å²) in [5.41, 5.74) is 4.01. The number of aliphatic hydroxyl groups excluding tert-OH is 1. The third kappa shape index (κ3) is 4.20.